The molecule has 8 N–H and O–H groups in total. The summed E-state index contributed by atoms with van der Waals surface area (Å²) in [7, 11) is -21.5. The van der Waals surface area contributed by atoms with Crippen molar-refractivity contribution in [2.75, 3.05) is 36.9 Å². The van der Waals surface area contributed by atoms with Crippen molar-refractivity contribution in [3.63, 3.8) is 0 Å². The summed E-state index contributed by atoms with van der Waals surface area (Å²) in [5, 5.41) is 3.44. The molecule has 0 spiro atoms. The number of amides is 1. The summed E-state index contributed by atoms with van der Waals surface area (Å²) in [5.41, 5.74) is 7.01. The highest BCUT2D eigenvalue weighted by Gasteiger charge is 2.41. The lowest BCUT2D eigenvalue weighted by Gasteiger charge is -2.20. The molecule has 4 atom stereocenters. The van der Waals surface area contributed by atoms with Gasteiger partial charge in [-0.1, -0.05) is 11.8 Å². The van der Waals surface area contributed by atoms with Crippen LogP contribution in [0.2, 0.25) is 0 Å². The molecule has 0 bridgehead atoms. The Morgan fingerprint density at radius 3 is 2.52 bits per heavy atom. The number of ether oxygens (including phenoxy) is 1. The van der Waals surface area contributed by atoms with Gasteiger partial charge in [0.25, 0.3) is 5.56 Å². The number of nitrogens with zero attached hydrogens (tertiary/aromatic N) is 4. The topological polar surface area (TPSA) is 369 Å². The second-order valence-corrected chi connectivity index (χ2v) is 21.1. The molecule has 1 aliphatic heterocycles. The number of anilines is 2. The number of carbonyl (C=O) groups excluding carboxylic acids is 1. The quantitative estimate of drug-likeness (QED) is 0.0138. The van der Waals surface area contributed by atoms with Crippen LogP contribution in [0.3, 0.4) is 0 Å². The Balaban J connectivity index is 1.02. The summed E-state index contributed by atoms with van der Waals surface area (Å²) in [6, 6.07) is 9.97. The second-order valence-electron chi connectivity index (χ2n) is 15.3. The van der Waals surface area contributed by atoms with Gasteiger partial charge in [0.05, 0.1) is 35.8 Å². The first kappa shape index (κ1) is 53.0. The van der Waals surface area contributed by atoms with Gasteiger partial charge in [-0.15, -0.1) is 0 Å². The molecule has 5 heterocycles. The predicted octanol–water partition coefficient (Wildman–Crippen LogP) is 3.37. The normalized spacial score (nSPS) is 17.1. The van der Waals surface area contributed by atoms with Crippen LogP contribution in [-0.4, -0.2) is 85.3 Å². The minimum Gasteiger partial charge on any atom is -0.744 e. The zero-order valence-electron chi connectivity index (χ0n) is 36.8. The number of hydrogen-bond acceptors (Lipinski definition) is 17. The van der Waals surface area contributed by atoms with Crippen molar-refractivity contribution in [2.45, 2.75) is 76.1 Å². The fraction of sp³-hybridized carbons (Fsp3) is 0.375. The van der Waals surface area contributed by atoms with Gasteiger partial charge in [-0.3, -0.25) is 19.1 Å². The first-order chi connectivity index (χ1) is 32.4. The highest BCUT2D eigenvalue weighted by atomic mass is 32.2. The maximum Gasteiger partial charge on any atom is 0.490 e. The molecule has 4 aromatic heterocycles. The number of aromatic nitrogens is 4. The number of phosphoric acid groups is 3. The molecular weight excluding hydrogens is 991 g/mol. The first-order valence-corrected chi connectivity index (χ1v) is 27.0. The van der Waals surface area contributed by atoms with Crippen LogP contribution in [0.25, 0.3) is 34.2 Å². The number of nitrogen functional groups attached to an aromatic ring is 1. The van der Waals surface area contributed by atoms with E-state index < -0.39 is 68.6 Å². The molecule has 5 aromatic rings. The summed E-state index contributed by atoms with van der Waals surface area (Å²) in [5.74, 6) is 5.07. The number of nitrogens with two attached hydrogens (primary N) is 1. The van der Waals surface area contributed by atoms with Crippen molar-refractivity contribution < 1.29 is 77.9 Å². The van der Waals surface area contributed by atoms with Crippen molar-refractivity contribution in [3.05, 3.63) is 86.4 Å². The van der Waals surface area contributed by atoms with Gasteiger partial charge in [-0.2, -0.15) is 18.2 Å². The van der Waals surface area contributed by atoms with Crippen molar-refractivity contribution in [2.24, 2.45) is 0 Å². The number of rotatable bonds is 21. The van der Waals surface area contributed by atoms with E-state index in [0.717, 1.165) is 18.8 Å². The van der Waals surface area contributed by atoms with Gasteiger partial charge in [0, 0.05) is 61.4 Å². The van der Waals surface area contributed by atoms with Crippen molar-refractivity contribution >= 4 is 85.3 Å². The lowest BCUT2D eigenvalue weighted by Crippen LogP contribution is -2.37. The molecule has 69 heavy (non-hydrogen) atoms. The van der Waals surface area contributed by atoms with Crippen LogP contribution in [-0.2, 0) is 53.0 Å². The molecule has 0 radical (unpaired) electrons. The van der Waals surface area contributed by atoms with Crippen LogP contribution in [0.1, 0.15) is 75.4 Å². The first-order valence-electron chi connectivity index (χ1n) is 21.0. The van der Waals surface area contributed by atoms with E-state index in [1.54, 1.807) is 22.8 Å². The molecule has 1 amide bonds. The van der Waals surface area contributed by atoms with E-state index in [1.807, 2.05) is 32.0 Å². The molecule has 1 aromatic carbocycles. The number of nitrogens with one attached hydrogen (secondary N) is 2. The SMILES string of the molecule is CCN(CC)c1ccc2cc(/C=C/c3ccc(S(=O)(=O)[O-])c[n+]3CCCCCC(=O)NCC#Cc3cn([C@H]4CC[C@@H](COP(=O)(O)OP(=O)(O)OP(=O)(O)O)O4)c4nc(N)[nH]c(=O)c34)c(=O)oc2c1. The number of aryl methyl sites for hydroxylation is 1. The van der Waals surface area contributed by atoms with E-state index in [9.17, 15) is 50.8 Å². The number of benzene rings is 1. The van der Waals surface area contributed by atoms with E-state index in [2.05, 4.69) is 45.2 Å². The van der Waals surface area contributed by atoms with Gasteiger partial charge < -0.3 is 53.8 Å². The second kappa shape index (κ2) is 22.2. The molecule has 372 valence electrons. The van der Waals surface area contributed by atoms with E-state index in [1.165, 1.54) is 29.1 Å². The number of fused-ring (bicyclic) bond motifs is 2. The Morgan fingerprint density at radius 2 is 1.81 bits per heavy atom. The number of phosphoric ester groups is 1. The van der Waals surface area contributed by atoms with Crippen LogP contribution < -0.4 is 31.7 Å². The lowest BCUT2D eigenvalue weighted by atomic mass is 10.1. The molecule has 2 unspecified atom stereocenters. The molecular formula is C40H48N7O18P3S. The maximum absolute atomic E-state index is 13.0. The monoisotopic (exact) mass is 1040 g/mol. The predicted molar refractivity (Wildman–Crippen MR) is 246 cm³/mol. The van der Waals surface area contributed by atoms with Crippen molar-refractivity contribution in [1.82, 2.24) is 19.9 Å². The maximum atomic E-state index is 13.0. The van der Waals surface area contributed by atoms with Crippen molar-refractivity contribution in [3.8, 4) is 11.8 Å². The number of carbonyl (C=O) groups is 1. The van der Waals surface area contributed by atoms with Gasteiger partial charge >= 0.3 is 29.1 Å². The summed E-state index contributed by atoms with van der Waals surface area (Å²) >= 11 is 0. The third-order valence-corrected chi connectivity index (χ3v) is 15.1. The Hall–Kier alpha value is -5.35. The third-order valence-electron chi connectivity index (χ3n) is 10.5. The number of pyridine rings is 1. The zero-order valence-corrected chi connectivity index (χ0v) is 40.3. The van der Waals surface area contributed by atoms with Crippen LogP contribution in [0.5, 0.6) is 0 Å². The number of unbranched alkanes of at least 4 members (excludes halogenated alkanes) is 2. The van der Waals surface area contributed by atoms with Gasteiger partial charge in [-0.25, -0.2) is 26.9 Å². The summed E-state index contributed by atoms with van der Waals surface area (Å²) in [4.78, 5) is 83.5. The summed E-state index contributed by atoms with van der Waals surface area (Å²) < 4.78 is 96.9. The van der Waals surface area contributed by atoms with Gasteiger partial charge in [-0.05, 0) is 69.9 Å². The molecule has 1 aliphatic rings. The van der Waals surface area contributed by atoms with Crippen LogP contribution in [0.4, 0.5) is 11.6 Å². The summed E-state index contributed by atoms with van der Waals surface area (Å²) in [6.07, 6.45) is 6.10. The van der Waals surface area contributed by atoms with Crippen LogP contribution in [0.15, 0.2) is 67.7 Å². The van der Waals surface area contributed by atoms with Crippen LogP contribution in [0, 0.1) is 11.8 Å². The molecule has 0 aliphatic carbocycles. The highest BCUT2D eigenvalue weighted by Crippen LogP contribution is 2.66. The zero-order chi connectivity index (χ0) is 50.3. The van der Waals surface area contributed by atoms with Gasteiger partial charge in [0.15, 0.2) is 11.8 Å². The minimum atomic E-state index is -5.72. The lowest BCUT2D eigenvalue weighted by molar-refractivity contribution is -0.700. The Labute approximate surface area is 393 Å². The Bertz CT molecular complexity index is 3210. The summed E-state index contributed by atoms with van der Waals surface area (Å²) in [6.45, 7) is 5.11. The molecule has 25 nitrogen and oxygen atoms in total. The van der Waals surface area contributed by atoms with E-state index in [4.69, 9.17) is 24.7 Å². The van der Waals surface area contributed by atoms with Crippen molar-refractivity contribution in [1.29, 1.82) is 0 Å². The Kier molecular flexibility index (Phi) is 17.0. The Morgan fingerprint density at radius 1 is 1.06 bits per heavy atom. The van der Waals surface area contributed by atoms with Gasteiger partial charge in [0.1, 0.15) is 33.4 Å². The smallest absolute Gasteiger partial charge is 0.490 e. The van der Waals surface area contributed by atoms with E-state index >= 15 is 0 Å². The molecule has 1 fully saturated rings. The fourth-order valence-corrected chi connectivity index (χ4v) is 10.9. The number of H-pyrrole nitrogens is 1. The standard InChI is InChI=1S/C40H48N7O18P3S/c1-3-45(4-2)30-14-11-26-21-27(39(50)63-33(26)22-30)12-13-29-15-17-32(69(58,59)60)24-46(29)20-7-5-6-10-34(48)42-19-8-9-28-23-47(37-36(28)38(49)44-40(41)43-37)35-18-16-31(62-35)25-61-67(54,55)65-68(56,57)64-66(51,52)53/h11-15,17,21-24,31,35H,3-7,10,16,18-20,25H2,1-2H3,(H8-,41,42,43,44,48,49,51,52,53,54,55,56,57,58,59,60)/t31-,35+/m0/s1. The minimum absolute atomic E-state index is 0.0436. The largest absolute Gasteiger partial charge is 0.744 e. The average Bonchev–Trinajstić information content (AvgIpc) is 3.87. The average molecular weight is 1040 g/mol. The van der Waals surface area contributed by atoms with Gasteiger partial charge in [0.2, 0.25) is 17.5 Å². The molecule has 29 heteroatoms. The third kappa shape index (κ3) is 14.6. The molecule has 1 saturated heterocycles. The molecule has 6 rings (SSSR count). The van der Waals surface area contributed by atoms with Crippen LogP contribution >= 0.6 is 23.5 Å². The number of hydrogen-bond donors (Lipinski definition) is 7. The highest BCUT2D eigenvalue weighted by molar-refractivity contribution is 7.85. The van der Waals surface area contributed by atoms with E-state index in [-0.39, 0.29) is 66.4 Å². The van der Waals surface area contributed by atoms with E-state index in [0.29, 0.717) is 35.9 Å². The molecule has 0 saturated carbocycles. The fourth-order valence-electron chi connectivity index (χ4n) is 7.32. The number of aromatic amines is 1.